The van der Waals surface area contributed by atoms with Crippen molar-refractivity contribution < 1.29 is 4.74 Å². The predicted octanol–water partition coefficient (Wildman–Crippen LogP) is 3.81. The smallest absolute Gasteiger partial charge is 0.190 e. The largest absolute Gasteiger partial charge is 0.377 e. The number of nitrogens with zero attached hydrogens (tertiary/aromatic N) is 1. The summed E-state index contributed by atoms with van der Waals surface area (Å²) in [5.74, 6) is 1.61. The molecule has 0 aliphatic carbocycles. The second kappa shape index (κ2) is 14.8. The third-order valence-corrected chi connectivity index (χ3v) is 3.36. The Balaban J connectivity index is 0.00000484. The summed E-state index contributed by atoms with van der Waals surface area (Å²) in [4.78, 5) is 4.22. The van der Waals surface area contributed by atoms with Gasteiger partial charge in [0.15, 0.2) is 5.96 Å². The molecule has 2 N–H and O–H groups in total. The van der Waals surface area contributed by atoms with E-state index < -0.39 is 0 Å². The topological polar surface area (TPSA) is 45.7 Å². The van der Waals surface area contributed by atoms with Crippen molar-refractivity contribution in [2.45, 2.75) is 39.7 Å². The molecule has 4 nitrogen and oxygen atoms in total. The lowest BCUT2D eigenvalue weighted by atomic mass is 10.1. The van der Waals surface area contributed by atoms with Crippen LogP contribution in [0.5, 0.6) is 0 Å². The first kappa shape index (κ1) is 22.2. The third kappa shape index (κ3) is 12.3. The second-order valence-corrected chi connectivity index (χ2v) is 5.85. The second-order valence-electron chi connectivity index (χ2n) is 5.85. The molecule has 23 heavy (non-hydrogen) atoms. The minimum absolute atomic E-state index is 0. The fraction of sp³-hybridized carbons (Fsp3) is 0.611. The van der Waals surface area contributed by atoms with Gasteiger partial charge in [-0.15, -0.1) is 24.0 Å². The lowest BCUT2D eigenvalue weighted by molar-refractivity contribution is 0.117. The average molecular weight is 433 g/mol. The number of hydrogen-bond acceptors (Lipinski definition) is 2. The van der Waals surface area contributed by atoms with Gasteiger partial charge in [0.05, 0.1) is 6.61 Å². The molecule has 0 aromatic heterocycles. The van der Waals surface area contributed by atoms with E-state index in [0.717, 1.165) is 44.9 Å². The molecule has 5 heteroatoms. The number of benzene rings is 1. The van der Waals surface area contributed by atoms with Crippen LogP contribution in [-0.4, -0.2) is 32.7 Å². The van der Waals surface area contributed by atoms with Crippen LogP contribution in [0.25, 0.3) is 0 Å². The molecule has 0 fully saturated rings. The maximum Gasteiger partial charge on any atom is 0.190 e. The Morgan fingerprint density at radius 2 is 1.78 bits per heavy atom. The van der Waals surface area contributed by atoms with Gasteiger partial charge in [0.1, 0.15) is 0 Å². The van der Waals surface area contributed by atoms with Crippen molar-refractivity contribution in [3.8, 4) is 0 Å². The van der Waals surface area contributed by atoms with Crippen LogP contribution in [0.1, 0.15) is 38.7 Å². The number of aliphatic imine (C=N–C) groups is 1. The summed E-state index contributed by atoms with van der Waals surface area (Å²) in [6.45, 7) is 7.86. The summed E-state index contributed by atoms with van der Waals surface area (Å²) in [6, 6.07) is 10.3. The first-order chi connectivity index (χ1) is 10.7. The highest BCUT2D eigenvalue weighted by atomic mass is 127. The molecule has 0 aliphatic rings. The van der Waals surface area contributed by atoms with E-state index >= 15 is 0 Å². The molecule has 0 aliphatic heterocycles. The van der Waals surface area contributed by atoms with Crippen molar-refractivity contribution in [3.63, 3.8) is 0 Å². The molecule has 0 unspecified atom stereocenters. The van der Waals surface area contributed by atoms with Crippen LogP contribution >= 0.6 is 24.0 Å². The average Bonchev–Trinajstić information content (AvgIpc) is 2.53. The van der Waals surface area contributed by atoms with E-state index in [2.05, 4.69) is 41.6 Å². The summed E-state index contributed by atoms with van der Waals surface area (Å²) >= 11 is 0. The van der Waals surface area contributed by atoms with Gasteiger partial charge in [0, 0.05) is 26.7 Å². The molecule has 0 amide bonds. The highest BCUT2D eigenvalue weighted by Crippen LogP contribution is 2.01. The monoisotopic (exact) mass is 433 g/mol. The molecule has 1 aromatic carbocycles. The quantitative estimate of drug-likeness (QED) is 0.255. The molecule has 0 saturated heterocycles. The van der Waals surface area contributed by atoms with Crippen molar-refractivity contribution in [2.75, 3.05) is 26.7 Å². The number of ether oxygens (including phenoxy) is 1. The van der Waals surface area contributed by atoms with E-state index in [1.165, 1.54) is 5.56 Å². The van der Waals surface area contributed by atoms with Gasteiger partial charge in [0.25, 0.3) is 0 Å². The van der Waals surface area contributed by atoms with Crippen LogP contribution in [0.2, 0.25) is 0 Å². The molecule has 0 radical (unpaired) electrons. The van der Waals surface area contributed by atoms with E-state index in [-0.39, 0.29) is 24.0 Å². The van der Waals surface area contributed by atoms with E-state index in [1.807, 2.05) is 25.2 Å². The first-order valence-electron chi connectivity index (χ1n) is 8.28. The zero-order valence-electron chi connectivity index (χ0n) is 14.7. The van der Waals surface area contributed by atoms with E-state index in [0.29, 0.717) is 12.5 Å². The van der Waals surface area contributed by atoms with Crippen LogP contribution < -0.4 is 10.6 Å². The summed E-state index contributed by atoms with van der Waals surface area (Å²) in [6.07, 6.45) is 3.30. The zero-order valence-corrected chi connectivity index (χ0v) is 17.0. The van der Waals surface area contributed by atoms with Gasteiger partial charge in [-0.3, -0.25) is 4.99 Å². The van der Waals surface area contributed by atoms with E-state index in [9.17, 15) is 0 Å². The van der Waals surface area contributed by atoms with Gasteiger partial charge in [-0.1, -0.05) is 44.2 Å². The number of hydrogen-bond donors (Lipinski definition) is 2. The highest BCUT2D eigenvalue weighted by Gasteiger charge is 1.98. The Morgan fingerprint density at radius 1 is 1.09 bits per heavy atom. The SMILES string of the molecule is CN=C(NCCCCOCc1ccccc1)NCCC(C)C.I. The van der Waals surface area contributed by atoms with Crippen molar-refractivity contribution >= 4 is 29.9 Å². The minimum atomic E-state index is 0. The number of rotatable bonds is 10. The summed E-state index contributed by atoms with van der Waals surface area (Å²) in [5, 5.41) is 6.67. The summed E-state index contributed by atoms with van der Waals surface area (Å²) in [5.41, 5.74) is 1.23. The molecule has 0 heterocycles. The van der Waals surface area contributed by atoms with Gasteiger partial charge in [-0.2, -0.15) is 0 Å². The Labute approximate surface area is 158 Å². The minimum Gasteiger partial charge on any atom is -0.377 e. The van der Waals surface area contributed by atoms with Crippen molar-refractivity contribution in [1.82, 2.24) is 10.6 Å². The lowest BCUT2D eigenvalue weighted by Crippen LogP contribution is -2.38. The molecule has 0 atom stereocenters. The normalized spacial score (nSPS) is 11.2. The Morgan fingerprint density at radius 3 is 2.43 bits per heavy atom. The fourth-order valence-electron chi connectivity index (χ4n) is 2.00. The van der Waals surface area contributed by atoms with Crippen LogP contribution in [-0.2, 0) is 11.3 Å². The molecule has 0 saturated carbocycles. The highest BCUT2D eigenvalue weighted by molar-refractivity contribution is 14.0. The molecule has 132 valence electrons. The van der Waals surface area contributed by atoms with Crippen LogP contribution in [0.3, 0.4) is 0 Å². The predicted molar refractivity (Wildman–Crippen MR) is 110 cm³/mol. The molecule has 1 rings (SSSR count). The Hall–Kier alpha value is -0.820. The van der Waals surface area contributed by atoms with Crippen molar-refractivity contribution in [3.05, 3.63) is 35.9 Å². The molecule has 1 aromatic rings. The van der Waals surface area contributed by atoms with Gasteiger partial charge in [-0.05, 0) is 30.7 Å². The van der Waals surface area contributed by atoms with E-state index in [1.54, 1.807) is 0 Å². The van der Waals surface area contributed by atoms with Crippen molar-refractivity contribution in [2.24, 2.45) is 10.9 Å². The fourth-order valence-corrected chi connectivity index (χ4v) is 2.00. The van der Waals surface area contributed by atoms with Crippen LogP contribution in [0.4, 0.5) is 0 Å². The summed E-state index contributed by atoms with van der Waals surface area (Å²) in [7, 11) is 1.81. The molecular weight excluding hydrogens is 401 g/mol. The molecular formula is C18H32IN3O. The van der Waals surface area contributed by atoms with E-state index in [4.69, 9.17) is 4.74 Å². The van der Waals surface area contributed by atoms with Gasteiger partial charge >= 0.3 is 0 Å². The van der Waals surface area contributed by atoms with Crippen LogP contribution in [0, 0.1) is 5.92 Å². The number of halogens is 1. The molecule has 0 bridgehead atoms. The number of nitrogens with one attached hydrogen (secondary N) is 2. The first-order valence-corrected chi connectivity index (χ1v) is 8.28. The summed E-state index contributed by atoms with van der Waals surface area (Å²) < 4.78 is 5.67. The van der Waals surface area contributed by atoms with Gasteiger partial charge in [-0.25, -0.2) is 0 Å². The number of guanidine groups is 1. The van der Waals surface area contributed by atoms with Crippen LogP contribution in [0.15, 0.2) is 35.3 Å². The lowest BCUT2D eigenvalue weighted by Gasteiger charge is -2.12. The Bertz CT molecular complexity index is 410. The van der Waals surface area contributed by atoms with Gasteiger partial charge < -0.3 is 15.4 Å². The maximum absolute atomic E-state index is 5.67. The number of unbranched alkanes of at least 4 members (excludes halogenated alkanes) is 1. The third-order valence-electron chi connectivity index (χ3n) is 3.36. The standard InChI is InChI=1S/C18H31N3O.HI/c1-16(2)11-13-21-18(19-3)20-12-7-8-14-22-15-17-9-5-4-6-10-17;/h4-6,9-10,16H,7-8,11-15H2,1-3H3,(H2,19,20,21);1H. The zero-order chi connectivity index (χ0) is 16.0. The maximum atomic E-state index is 5.67. The van der Waals surface area contributed by atoms with Crippen molar-refractivity contribution in [1.29, 1.82) is 0 Å². The Kier molecular flexibility index (Phi) is 14.2. The van der Waals surface area contributed by atoms with Gasteiger partial charge in [0.2, 0.25) is 0 Å². The molecule has 0 spiro atoms.